The minimum atomic E-state index is -3.53. The van der Waals surface area contributed by atoms with Gasteiger partial charge in [-0.2, -0.15) is 4.31 Å². The van der Waals surface area contributed by atoms with E-state index in [0.717, 1.165) is 38.2 Å². The highest BCUT2D eigenvalue weighted by Crippen LogP contribution is 2.22. The van der Waals surface area contributed by atoms with Gasteiger partial charge in [-0.3, -0.25) is 9.69 Å². The largest absolute Gasteiger partial charge is 0.340 e. The highest BCUT2D eigenvalue weighted by Gasteiger charge is 2.23. The van der Waals surface area contributed by atoms with Crippen LogP contribution in [0, 0.1) is 0 Å². The molecule has 3 aromatic rings. The van der Waals surface area contributed by atoms with Gasteiger partial charge in [-0.1, -0.05) is 44.2 Å². The molecule has 34 heavy (non-hydrogen) atoms. The second-order valence-electron chi connectivity index (χ2n) is 8.57. The minimum absolute atomic E-state index is 0.141. The summed E-state index contributed by atoms with van der Waals surface area (Å²) < 4.78 is 29.0. The zero-order valence-electron chi connectivity index (χ0n) is 19.9. The van der Waals surface area contributed by atoms with E-state index in [9.17, 15) is 13.2 Å². The molecule has 0 aliphatic carbocycles. The first-order valence-corrected chi connectivity index (χ1v) is 13.4. The molecular formula is C25H33N5O3S. The second kappa shape index (κ2) is 10.7. The van der Waals surface area contributed by atoms with Crippen molar-refractivity contribution >= 4 is 27.0 Å². The first kappa shape index (κ1) is 24.4. The summed E-state index contributed by atoms with van der Waals surface area (Å²) in [5.74, 6) is 0.141. The predicted molar refractivity (Wildman–Crippen MR) is 133 cm³/mol. The monoisotopic (exact) mass is 483 g/mol. The lowest BCUT2D eigenvalue weighted by molar-refractivity contribution is -0.133. The molecular weight excluding hydrogens is 450 g/mol. The molecule has 8 nitrogen and oxygen atoms in total. The number of aromatic nitrogens is 2. The van der Waals surface area contributed by atoms with Gasteiger partial charge in [0.05, 0.1) is 22.3 Å². The van der Waals surface area contributed by atoms with E-state index < -0.39 is 10.0 Å². The van der Waals surface area contributed by atoms with Crippen molar-refractivity contribution in [1.29, 1.82) is 0 Å². The van der Waals surface area contributed by atoms with Crippen LogP contribution in [-0.4, -0.2) is 77.2 Å². The zero-order valence-corrected chi connectivity index (χ0v) is 20.7. The molecule has 0 radical (unpaired) electrons. The first-order valence-electron chi connectivity index (χ1n) is 11.9. The van der Waals surface area contributed by atoms with Crippen LogP contribution in [0.4, 0.5) is 0 Å². The molecule has 2 aromatic carbocycles. The second-order valence-corrected chi connectivity index (χ2v) is 10.5. The van der Waals surface area contributed by atoms with E-state index in [-0.39, 0.29) is 10.8 Å². The van der Waals surface area contributed by atoms with Gasteiger partial charge in [0, 0.05) is 58.8 Å². The number of fused-ring (bicyclic) bond motifs is 1. The SMILES string of the molecule is CCN(CC)S(=O)(=O)c1ccc2c(c1)ncn2CCC(=O)N1CCN(Cc2ccccc2)CC1. The van der Waals surface area contributed by atoms with Gasteiger partial charge in [-0.05, 0) is 23.8 Å². The third kappa shape index (κ3) is 5.32. The molecule has 0 bridgehead atoms. The van der Waals surface area contributed by atoms with Gasteiger partial charge < -0.3 is 9.47 Å². The van der Waals surface area contributed by atoms with Gasteiger partial charge in [0.15, 0.2) is 0 Å². The van der Waals surface area contributed by atoms with Gasteiger partial charge in [0.2, 0.25) is 15.9 Å². The Bertz CT molecular complexity index is 1210. The van der Waals surface area contributed by atoms with Crippen LogP contribution in [0.1, 0.15) is 25.8 Å². The average Bonchev–Trinajstić information content (AvgIpc) is 3.26. The van der Waals surface area contributed by atoms with Crippen LogP contribution < -0.4 is 0 Å². The number of benzene rings is 2. The Balaban J connectivity index is 1.33. The number of nitrogens with zero attached hydrogens (tertiary/aromatic N) is 5. The summed E-state index contributed by atoms with van der Waals surface area (Å²) in [4.78, 5) is 21.8. The van der Waals surface area contributed by atoms with E-state index in [4.69, 9.17) is 0 Å². The molecule has 9 heteroatoms. The molecule has 0 saturated carbocycles. The van der Waals surface area contributed by atoms with Crippen LogP contribution in [-0.2, 0) is 27.9 Å². The number of aryl methyl sites for hydroxylation is 1. The maximum absolute atomic E-state index is 12.8. The lowest BCUT2D eigenvalue weighted by atomic mass is 10.2. The maximum atomic E-state index is 12.8. The van der Waals surface area contributed by atoms with Crippen molar-refractivity contribution in [2.45, 2.75) is 38.3 Å². The Hall–Kier alpha value is -2.75. The Morgan fingerprint density at radius 3 is 2.38 bits per heavy atom. The van der Waals surface area contributed by atoms with Crippen molar-refractivity contribution in [3.05, 3.63) is 60.4 Å². The zero-order chi connectivity index (χ0) is 24.1. The van der Waals surface area contributed by atoms with Crippen molar-refractivity contribution < 1.29 is 13.2 Å². The molecule has 4 rings (SSSR count). The number of carbonyl (C=O) groups is 1. The maximum Gasteiger partial charge on any atom is 0.243 e. The number of amides is 1. The van der Waals surface area contributed by atoms with Crippen molar-refractivity contribution in [2.75, 3.05) is 39.3 Å². The Labute approximate surface area is 201 Å². The summed E-state index contributed by atoms with van der Waals surface area (Å²) in [7, 11) is -3.53. The molecule has 1 aliphatic rings. The molecule has 1 aliphatic heterocycles. The number of piperazine rings is 1. The molecule has 1 fully saturated rings. The van der Waals surface area contributed by atoms with Gasteiger partial charge >= 0.3 is 0 Å². The van der Waals surface area contributed by atoms with Gasteiger partial charge in [-0.25, -0.2) is 13.4 Å². The van der Waals surface area contributed by atoms with E-state index in [1.165, 1.54) is 9.87 Å². The average molecular weight is 484 g/mol. The highest BCUT2D eigenvalue weighted by molar-refractivity contribution is 7.89. The lowest BCUT2D eigenvalue weighted by Crippen LogP contribution is -2.48. The van der Waals surface area contributed by atoms with Crippen molar-refractivity contribution in [3.63, 3.8) is 0 Å². The third-order valence-corrected chi connectivity index (χ3v) is 8.52. The molecule has 0 spiro atoms. The molecule has 0 unspecified atom stereocenters. The number of rotatable bonds is 9. The lowest BCUT2D eigenvalue weighted by Gasteiger charge is -2.34. The molecule has 1 amide bonds. The van der Waals surface area contributed by atoms with Gasteiger partial charge in [-0.15, -0.1) is 0 Å². The number of hydrogen-bond donors (Lipinski definition) is 0. The van der Waals surface area contributed by atoms with E-state index in [1.807, 2.05) is 29.4 Å². The third-order valence-electron chi connectivity index (χ3n) is 6.48. The Morgan fingerprint density at radius 2 is 1.71 bits per heavy atom. The fraction of sp³-hybridized carbons (Fsp3) is 0.440. The smallest absolute Gasteiger partial charge is 0.243 e. The Morgan fingerprint density at radius 1 is 1.00 bits per heavy atom. The molecule has 182 valence electrons. The van der Waals surface area contributed by atoms with E-state index in [1.54, 1.807) is 24.5 Å². The highest BCUT2D eigenvalue weighted by atomic mass is 32.2. The number of sulfonamides is 1. The molecule has 0 atom stereocenters. The summed E-state index contributed by atoms with van der Waals surface area (Å²) in [6.07, 6.45) is 2.08. The molecule has 1 aromatic heterocycles. The summed E-state index contributed by atoms with van der Waals surface area (Å²) in [5, 5.41) is 0. The number of hydrogen-bond acceptors (Lipinski definition) is 5. The van der Waals surface area contributed by atoms with Crippen molar-refractivity contribution in [2.24, 2.45) is 0 Å². The van der Waals surface area contributed by atoms with Crippen molar-refractivity contribution in [3.8, 4) is 0 Å². The quantitative estimate of drug-likeness (QED) is 0.468. The van der Waals surface area contributed by atoms with Gasteiger partial charge in [0.1, 0.15) is 0 Å². The number of carbonyl (C=O) groups excluding carboxylic acids is 1. The number of imidazole rings is 1. The summed E-state index contributed by atoms with van der Waals surface area (Å²) in [6.45, 7) is 9.16. The topological polar surface area (TPSA) is 78.8 Å². The standard InChI is InChI=1S/C25H33N5O3S/c1-3-30(4-2)34(32,33)22-10-11-24-23(18-22)26-20-29(24)13-12-25(31)28-16-14-27(15-17-28)19-21-8-6-5-7-9-21/h5-11,18,20H,3-4,12-17,19H2,1-2H3. The fourth-order valence-electron chi connectivity index (χ4n) is 4.47. The van der Waals surface area contributed by atoms with Crippen LogP contribution in [0.3, 0.4) is 0 Å². The van der Waals surface area contributed by atoms with E-state index >= 15 is 0 Å². The van der Waals surface area contributed by atoms with Gasteiger partial charge in [0.25, 0.3) is 0 Å². The van der Waals surface area contributed by atoms with Crippen LogP contribution in [0.25, 0.3) is 11.0 Å². The van der Waals surface area contributed by atoms with Crippen LogP contribution >= 0.6 is 0 Å². The first-order chi connectivity index (χ1) is 16.4. The van der Waals surface area contributed by atoms with E-state index in [0.29, 0.717) is 31.6 Å². The molecule has 2 heterocycles. The van der Waals surface area contributed by atoms with E-state index in [2.05, 4.69) is 34.1 Å². The normalized spacial score (nSPS) is 15.3. The van der Waals surface area contributed by atoms with Crippen LogP contribution in [0.15, 0.2) is 59.8 Å². The summed E-state index contributed by atoms with van der Waals surface area (Å²) in [5.41, 5.74) is 2.75. The minimum Gasteiger partial charge on any atom is -0.340 e. The summed E-state index contributed by atoms with van der Waals surface area (Å²) >= 11 is 0. The fourth-order valence-corrected chi connectivity index (χ4v) is 5.94. The molecule has 0 N–H and O–H groups in total. The van der Waals surface area contributed by atoms with Crippen LogP contribution in [0.5, 0.6) is 0 Å². The summed E-state index contributed by atoms with van der Waals surface area (Å²) in [6, 6.07) is 15.4. The predicted octanol–water partition coefficient (Wildman–Crippen LogP) is 2.80. The van der Waals surface area contributed by atoms with Crippen molar-refractivity contribution in [1.82, 2.24) is 23.7 Å². The van der Waals surface area contributed by atoms with Crippen LogP contribution in [0.2, 0.25) is 0 Å². The molecule has 1 saturated heterocycles. The Kier molecular flexibility index (Phi) is 7.65.